The van der Waals surface area contributed by atoms with Gasteiger partial charge in [-0.25, -0.2) is 4.39 Å². The van der Waals surface area contributed by atoms with E-state index in [0.717, 1.165) is 5.56 Å². The van der Waals surface area contributed by atoms with E-state index in [1.54, 1.807) is 12.1 Å². The summed E-state index contributed by atoms with van der Waals surface area (Å²) in [6.45, 7) is 2.56. The van der Waals surface area contributed by atoms with E-state index < -0.39 is 5.82 Å². The van der Waals surface area contributed by atoms with Crippen molar-refractivity contribution in [3.63, 3.8) is 0 Å². The van der Waals surface area contributed by atoms with Crippen molar-refractivity contribution in [1.29, 1.82) is 0 Å². The lowest BCUT2D eigenvalue weighted by molar-refractivity contribution is -0.119. The Morgan fingerprint density at radius 3 is 2.94 bits per heavy atom. The van der Waals surface area contributed by atoms with Crippen LogP contribution < -0.4 is 10.6 Å². The van der Waals surface area contributed by atoms with Gasteiger partial charge >= 0.3 is 0 Å². The van der Waals surface area contributed by atoms with E-state index in [9.17, 15) is 9.18 Å². The molecular weight excluding hydrogens is 243 g/mol. The highest BCUT2D eigenvalue weighted by Gasteiger charge is 2.23. The van der Waals surface area contributed by atoms with Crippen LogP contribution in [-0.2, 0) is 4.79 Å². The van der Waals surface area contributed by atoms with Gasteiger partial charge in [-0.15, -0.1) is 0 Å². The molecule has 92 valence electrons. The van der Waals surface area contributed by atoms with E-state index >= 15 is 0 Å². The number of amides is 1. The van der Waals surface area contributed by atoms with Gasteiger partial charge in [0, 0.05) is 25.0 Å². The Morgan fingerprint density at radius 1 is 1.59 bits per heavy atom. The van der Waals surface area contributed by atoms with Crippen LogP contribution in [0.5, 0.6) is 0 Å². The molecule has 2 N–H and O–H groups in total. The molecule has 1 aliphatic heterocycles. The van der Waals surface area contributed by atoms with E-state index in [4.69, 9.17) is 11.6 Å². The maximum atomic E-state index is 13.3. The van der Waals surface area contributed by atoms with Crippen molar-refractivity contribution < 1.29 is 9.18 Å². The topological polar surface area (TPSA) is 41.1 Å². The lowest BCUT2D eigenvalue weighted by atomic mass is 10.1. The monoisotopic (exact) mass is 256 g/mol. The molecule has 5 heteroatoms. The van der Waals surface area contributed by atoms with Gasteiger partial charge in [0.1, 0.15) is 5.82 Å². The molecule has 1 heterocycles. The summed E-state index contributed by atoms with van der Waals surface area (Å²) >= 11 is 5.62. The predicted molar refractivity (Wildman–Crippen MR) is 64.4 cm³/mol. The summed E-state index contributed by atoms with van der Waals surface area (Å²) in [6.07, 6.45) is 0.473. The predicted octanol–water partition coefficient (Wildman–Crippen LogP) is 2.02. The molecule has 0 aliphatic carbocycles. The molecule has 0 spiro atoms. The maximum Gasteiger partial charge on any atom is 0.221 e. The van der Waals surface area contributed by atoms with E-state index in [2.05, 4.69) is 10.6 Å². The summed E-state index contributed by atoms with van der Waals surface area (Å²) in [5, 5.41) is 6.15. The first-order chi connectivity index (χ1) is 8.06. The average molecular weight is 257 g/mol. The van der Waals surface area contributed by atoms with Crippen molar-refractivity contribution in [1.82, 2.24) is 10.6 Å². The van der Waals surface area contributed by atoms with Crippen LogP contribution in [0, 0.1) is 5.82 Å². The fraction of sp³-hybridized carbons (Fsp3) is 0.417. The first-order valence-corrected chi connectivity index (χ1v) is 5.92. The SMILES string of the molecule is CC(NC1CNC(=O)C1)c1ccc(Cl)c(F)c1. The summed E-state index contributed by atoms with van der Waals surface area (Å²) in [4.78, 5) is 11.0. The van der Waals surface area contributed by atoms with Crippen LogP contribution in [0.25, 0.3) is 0 Å². The van der Waals surface area contributed by atoms with Crippen LogP contribution in [0.4, 0.5) is 4.39 Å². The van der Waals surface area contributed by atoms with Crippen LogP contribution in [0.3, 0.4) is 0 Å². The van der Waals surface area contributed by atoms with Gasteiger partial charge in [-0.05, 0) is 24.6 Å². The van der Waals surface area contributed by atoms with Crippen LogP contribution in [0.1, 0.15) is 24.9 Å². The highest BCUT2D eigenvalue weighted by molar-refractivity contribution is 6.30. The molecule has 1 aromatic carbocycles. The quantitative estimate of drug-likeness (QED) is 0.869. The third-order valence-electron chi connectivity index (χ3n) is 2.91. The van der Waals surface area contributed by atoms with Crippen molar-refractivity contribution in [2.75, 3.05) is 6.54 Å². The molecule has 0 bridgehead atoms. The lowest BCUT2D eigenvalue weighted by Gasteiger charge is -2.18. The minimum atomic E-state index is -0.418. The molecule has 1 saturated heterocycles. The summed E-state index contributed by atoms with van der Waals surface area (Å²) in [5.74, 6) is -0.365. The zero-order valence-electron chi connectivity index (χ0n) is 9.47. The zero-order valence-corrected chi connectivity index (χ0v) is 10.2. The third-order valence-corrected chi connectivity index (χ3v) is 3.21. The maximum absolute atomic E-state index is 13.3. The average Bonchev–Trinajstić information content (AvgIpc) is 2.68. The summed E-state index contributed by atoms with van der Waals surface area (Å²) in [7, 11) is 0. The molecule has 1 aliphatic rings. The molecule has 0 saturated carbocycles. The third kappa shape index (κ3) is 2.96. The molecule has 2 rings (SSSR count). The van der Waals surface area contributed by atoms with Crippen molar-refractivity contribution >= 4 is 17.5 Å². The number of hydrogen-bond donors (Lipinski definition) is 2. The number of benzene rings is 1. The Balaban J connectivity index is 2.01. The minimum Gasteiger partial charge on any atom is -0.354 e. The lowest BCUT2D eigenvalue weighted by Crippen LogP contribution is -2.33. The van der Waals surface area contributed by atoms with Gasteiger partial charge in [-0.1, -0.05) is 17.7 Å². The Hall–Kier alpha value is -1.13. The van der Waals surface area contributed by atoms with E-state index in [0.29, 0.717) is 13.0 Å². The Bertz CT molecular complexity index is 439. The summed E-state index contributed by atoms with van der Waals surface area (Å²) < 4.78 is 13.3. The second-order valence-corrected chi connectivity index (χ2v) is 4.67. The number of hydrogen-bond acceptors (Lipinski definition) is 2. The van der Waals surface area contributed by atoms with Gasteiger partial charge in [0.25, 0.3) is 0 Å². The van der Waals surface area contributed by atoms with Crippen LogP contribution in [-0.4, -0.2) is 18.5 Å². The van der Waals surface area contributed by atoms with E-state index in [1.807, 2.05) is 6.92 Å². The Morgan fingerprint density at radius 2 is 2.35 bits per heavy atom. The van der Waals surface area contributed by atoms with Crippen LogP contribution in [0.2, 0.25) is 5.02 Å². The smallest absolute Gasteiger partial charge is 0.221 e. The van der Waals surface area contributed by atoms with Crippen molar-refractivity contribution in [3.05, 3.63) is 34.6 Å². The van der Waals surface area contributed by atoms with Crippen molar-refractivity contribution in [3.8, 4) is 0 Å². The number of carbonyl (C=O) groups excluding carboxylic acids is 1. The van der Waals surface area contributed by atoms with Gasteiger partial charge in [0.05, 0.1) is 5.02 Å². The van der Waals surface area contributed by atoms with E-state index in [-0.39, 0.29) is 23.0 Å². The van der Waals surface area contributed by atoms with Crippen LogP contribution in [0.15, 0.2) is 18.2 Å². The first-order valence-electron chi connectivity index (χ1n) is 5.54. The molecule has 3 nitrogen and oxygen atoms in total. The molecule has 0 radical (unpaired) electrons. The van der Waals surface area contributed by atoms with E-state index in [1.165, 1.54) is 6.07 Å². The standard InChI is InChI=1S/C12H14ClFN2O/c1-7(16-9-5-12(17)15-6-9)8-2-3-10(13)11(14)4-8/h2-4,7,9,16H,5-6H2,1H3,(H,15,17). The molecule has 1 amide bonds. The summed E-state index contributed by atoms with van der Waals surface area (Å²) in [6, 6.07) is 4.84. The van der Waals surface area contributed by atoms with Crippen molar-refractivity contribution in [2.24, 2.45) is 0 Å². The number of carbonyl (C=O) groups is 1. The molecule has 1 aromatic rings. The molecule has 1 fully saturated rings. The highest BCUT2D eigenvalue weighted by atomic mass is 35.5. The Labute approximate surface area is 104 Å². The van der Waals surface area contributed by atoms with Gasteiger partial charge in [0.2, 0.25) is 5.91 Å². The first kappa shape index (κ1) is 12.3. The summed E-state index contributed by atoms with van der Waals surface area (Å²) in [5.41, 5.74) is 0.825. The second kappa shape index (κ2) is 5.02. The number of rotatable bonds is 3. The largest absolute Gasteiger partial charge is 0.354 e. The van der Waals surface area contributed by atoms with Gasteiger partial charge in [-0.2, -0.15) is 0 Å². The second-order valence-electron chi connectivity index (χ2n) is 4.27. The van der Waals surface area contributed by atoms with Crippen LogP contribution >= 0.6 is 11.6 Å². The minimum absolute atomic E-state index is 0.0144. The molecular formula is C12H14ClFN2O. The fourth-order valence-corrected chi connectivity index (χ4v) is 2.07. The number of nitrogens with one attached hydrogen (secondary N) is 2. The van der Waals surface area contributed by atoms with Gasteiger partial charge in [-0.3, -0.25) is 4.79 Å². The fourth-order valence-electron chi connectivity index (χ4n) is 1.95. The highest BCUT2D eigenvalue weighted by Crippen LogP contribution is 2.20. The zero-order chi connectivity index (χ0) is 12.4. The molecule has 17 heavy (non-hydrogen) atoms. The number of halogens is 2. The normalized spacial score (nSPS) is 21.4. The molecule has 2 atom stereocenters. The Kier molecular flexibility index (Phi) is 3.64. The van der Waals surface area contributed by atoms with Gasteiger partial charge in [0.15, 0.2) is 0 Å². The van der Waals surface area contributed by atoms with Gasteiger partial charge < -0.3 is 10.6 Å². The van der Waals surface area contributed by atoms with Crippen molar-refractivity contribution in [2.45, 2.75) is 25.4 Å². The molecule has 2 unspecified atom stereocenters. The molecule has 0 aromatic heterocycles.